The van der Waals surface area contributed by atoms with Crippen LogP contribution in [0.4, 0.5) is 4.79 Å². The number of amides is 2. The number of rotatable bonds is 7. The second-order valence-electron chi connectivity index (χ2n) is 10.7. The van der Waals surface area contributed by atoms with E-state index in [9.17, 15) is 14.7 Å². The summed E-state index contributed by atoms with van der Waals surface area (Å²) in [6.45, 7) is 2.73. The second kappa shape index (κ2) is 11.5. The zero-order valence-corrected chi connectivity index (χ0v) is 22.4. The molecule has 1 aliphatic carbocycles. The molecule has 0 spiro atoms. The van der Waals surface area contributed by atoms with Crippen molar-refractivity contribution in [2.75, 3.05) is 19.6 Å². The molecule has 3 N–H and O–H groups in total. The zero-order chi connectivity index (χ0) is 27.5. The first-order valence-electron chi connectivity index (χ1n) is 14.1. The summed E-state index contributed by atoms with van der Waals surface area (Å²) in [5.74, 6) is -0.0898. The zero-order valence-electron chi connectivity index (χ0n) is 22.4. The average Bonchev–Trinajstić information content (AvgIpc) is 3.61. The number of hydrogen-bond donors (Lipinski definition) is 3. The lowest BCUT2D eigenvalue weighted by Crippen LogP contribution is -2.54. The van der Waals surface area contributed by atoms with E-state index in [1.165, 1.54) is 0 Å². The van der Waals surface area contributed by atoms with Gasteiger partial charge in [-0.2, -0.15) is 5.10 Å². The van der Waals surface area contributed by atoms with Crippen LogP contribution >= 0.6 is 0 Å². The number of carbonyl (C=O) groups excluding carboxylic acids is 1. The van der Waals surface area contributed by atoms with E-state index in [1.54, 1.807) is 6.33 Å². The summed E-state index contributed by atoms with van der Waals surface area (Å²) < 4.78 is 4.05. The third kappa shape index (κ3) is 5.19. The maximum atomic E-state index is 14.2. The minimum absolute atomic E-state index is 0.00547. The molecule has 4 aromatic rings. The van der Waals surface area contributed by atoms with Crippen molar-refractivity contribution in [3.63, 3.8) is 0 Å². The van der Waals surface area contributed by atoms with Gasteiger partial charge in [0.15, 0.2) is 5.69 Å². The summed E-state index contributed by atoms with van der Waals surface area (Å²) in [6.07, 6.45) is 6.90. The van der Waals surface area contributed by atoms with E-state index < -0.39 is 6.09 Å². The lowest BCUT2D eigenvalue weighted by Gasteiger charge is -2.36. The van der Waals surface area contributed by atoms with Crippen LogP contribution in [0.15, 0.2) is 67.1 Å². The van der Waals surface area contributed by atoms with Crippen LogP contribution in [-0.2, 0) is 6.54 Å². The molecule has 1 aliphatic heterocycles. The number of aromatic nitrogens is 4. The minimum Gasteiger partial charge on any atom is -0.465 e. The van der Waals surface area contributed by atoms with Crippen LogP contribution in [0.2, 0.25) is 0 Å². The molecule has 6 rings (SSSR count). The highest BCUT2D eigenvalue weighted by Crippen LogP contribution is 2.35. The largest absolute Gasteiger partial charge is 0.465 e. The van der Waals surface area contributed by atoms with Crippen LogP contribution in [0.25, 0.3) is 22.2 Å². The van der Waals surface area contributed by atoms with Crippen molar-refractivity contribution in [1.82, 2.24) is 34.9 Å². The molecule has 3 heterocycles. The number of carbonyl (C=O) groups is 2. The Balaban J connectivity index is 1.30. The number of nitrogens with zero attached hydrogens (tertiary/aromatic N) is 5. The first kappa shape index (κ1) is 26.1. The molecule has 10 nitrogen and oxygen atoms in total. The SMILES string of the molecule is O=C(O)N[C@H]1CCCC[C@@H]1n1cnc(C(=O)N2CCNC[C@H]2CCn2ncc3ccccc32)c1-c1ccccc1. The second-order valence-corrected chi connectivity index (χ2v) is 10.7. The van der Waals surface area contributed by atoms with Crippen molar-refractivity contribution in [3.05, 3.63) is 72.8 Å². The Morgan fingerprint density at radius 1 is 1.05 bits per heavy atom. The Morgan fingerprint density at radius 3 is 2.70 bits per heavy atom. The molecule has 0 bridgehead atoms. The molecule has 0 radical (unpaired) electrons. The van der Waals surface area contributed by atoms with Gasteiger partial charge in [-0.1, -0.05) is 61.4 Å². The van der Waals surface area contributed by atoms with Crippen molar-refractivity contribution in [2.45, 2.75) is 56.8 Å². The predicted octanol–water partition coefficient (Wildman–Crippen LogP) is 4.16. The molecule has 40 heavy (non-hydrogen) atoms. The fraction of sp³-hybridized carbons (Fsp3) is 0.400. The van der Waals surface area contributed by atoms with Gasteiger partial charge in [0.1, 0.15) is 0 Å². The summed E-state index contributed by atoms with van der Waals surface area (Å²) in [7, 11) is 0. The quantitative estimate of drug-likeness (QED) is 0.324. The van der Waals surface area contributed by atoms with E-state index in [2.05, 4.69) is 27.9 Å². The number of piperazine rings is 1. The molecule has 0 unspecified atom stereocenters. The fourth-order valence-electron chi connectivity index (χ4n) is 6.32. The highest BCUT2D eigenvalue weighted by atomic mass is 16.4. The molecule has 2 aromatic heterocycles. The topological polar surface area (TPSA) is 117 Å². The number of fused-ring (bicyclic) bond motifs is 1. The highest BCUT2D eigenvalue weighted by Gasteiger charge is 2.35. The first-order valence-corrected chi connectivity index (χ1v) is 14.1. The van der Waals surface area contributed by atoms with Gasteiger partial charge in [0.25, 0.3) is 5.91 Å². The van der Waals surface area contributed by atoms with E-state index in [0.29, 0.717) is 25.3 Å². The lowest BCUT2D eigenvalue weighted by atomic mass is 9.89. The standard InChI is InChI=1S/C30H35N7O3/c38-29(35-17-15-31-19-23(35)14-16-37-25-12-6-4-10-22(25)18-33-37)27-28(21-8-2-1-3-9-21)36(20-32-27)26-13-7-5-11-24(26)34-30(39)40/h1-4,6,8-10,12,18,20,23-24,26,31,34H,5,7,11,13-17,19H2,(H,39,40)/t23-,24+,26+/m1/s1. The molecule has 1 saturated carbocycles. The Bertz CT molecular complexity index is 1480. The molecule has 2 aromatic carbocycles. The number of benzene rings is 2. The van der Waals surface area contributed by atoms with Gasteiger partial charge in [0.05, 0.1) is 35.8 Å². The van der Waals surface area contributed by atoms with Crippen LogP contribution in [0, 0.1) is 0 Å². The maximum absolute atomic E-state index is 14.2. The van der Waals surface area contributed by atoms with Gasteiger partial charge < -0.3 is 25.2 Å². The third-order valence-corrected chi connectivity index (χ3v) is 8.28. The van der Waals surface area contributed by atoms with Gasteiger partial charge >= 0.3 is 6.09 Å². The average molecular weight is 542 g/mol. The molecule has 2 fully saturated rings. The van der Waals surface area contributed by atoms with Crippen molar-refractivity contribution in [1.29, 1.82) is 0 Å². The monoisotopic (exact) mass is 541 g/mol. The molecule has 2 amide bonds. The van der Waals surface area contributed by atoms with Crippen molar-refractivity contribution in [3.8, 4) is 11.3 Å². The molecule has 3 atom stereocenters. The lowest BCUT2D eigenvalue weighted by molar-refractivity contribution is 0.0614. The van der Waals surface area contributed by atoms with Crippen molar-refractivity contribution < 1.29 is 14.7 Å². The van der Waals surface area contributed by atoms with E-state index in [-0.39, 0.29) is 24.0 Å². The third-order valence-electron chi connectivity index (χ3n) is 8.28. The normalized spacial score (nSPS) is 21.4. The van der Waals surface area contributed by atoms with Gasteiger partial charge in [-0.15, -0.1) is 0 Å². The predicted molar refractivity (Wildman–Crippen MR) is 152 cm³/mol. The molecule has 2 aliphatic rings. The maximum Gasteiger partial charge on any atom is 0.404 e. The van der Waals surface area contributed by atoms with Crippen LogP contribution < -0.4 is 10.6 Å². The van der Waals surface area contributed by atoms with Gasteiger partial charge in [0, 0.05) is 43.2 Å². The van der Waals surface area contributed by atoms with E-state index in [4.69, 9.17) is 4.98 Å². The number of para-hydroxylation sites is 1. The van der Waals surface area contributed by atoms with Crippen LogP contribution in [0.1, 0.15) is 48.6 Å². The summed E-state index contributed by atoms with van der Waals surface area (Å²) in [5, 5.41) is 21.3. The minimum atomic E-state index is -1.02. The summed E-state index contributed by atoms with van der Waals surface area (Å²) in [4.78, 5) is 32.4. The first-order chi connectivity index (χ1) is 19.6. The summed E-state index contributed by atoms with van der Waals surface area (Å²) >= 11 is 0. The number of aryl methyl sites for hydroxylation is 1. The van der Waals surface area contributed by atoms with Gasteiger partial charge in [-0.3, -0.25) is 9.48 Å². The summed E-state index contributed by atoms with van der Waals surface area (Å²) in [5.41, 5.74) is 3.16. The highest BCUT2D eigenvalue weighted by molar-refractivity contribution is 5.98. The Kier molecular flexibility index (Phi) is 7.50. The molecular weight excluding hydrogens is 506 g/mol. The van der Waals surface area contributed by atoms with Gasteiger partial charge in [0.2, 0.25) is 0 Å². The number of hydrogen-bond acceptors (Lipinski definition) is 5. The van der Waals surface area contributed by atoms with Crippen molar-refractivity contribution >= 4 is 22.9 Å². The van der Waals surface area contributed by atoms with E-state index >= 15 is 0 Å². The molecule has 10 heteroatoms. The van der Waals surface area contributed by atoms with Gasteiger partial charge in [-0.25, -0.2) is 9.78 Å². The Labute approximate surface area is 233 Å². The molecule has 208 valence electrons. The van der Waals surface area contributed by atoms with E-state index in [1.807, 2.05) is 62.8 Å². The smallest absolute Gasteiger partial charge is 0.404 e. The number of carboxylic acid groups (broad SMARTS) is 1. The number of nitrogens with one attached hydrogen (secondary N) is 2. The number of imidazole rings is 1. The van der Waals surface area contributed by atoms with Crippen LogP contribution in [-0.4, -0.2) is 73.1 Å². The van der Waals surface area contributed by atoms with E-state index in [0.717, 1.165) is 60.8 Å². The summed E-state index contributed by atoms with van der Waals surface area (Å²) in [6, 6.07) is 17.6. The Morgan fingerprint density at radius 2 is 1.85 bits per heavy atom. The van der Waals surface area contributed by atoms with Crippen molar-refractivity contribution in [2.24, 2.45) is 0 Å². The molecule has 1 saturated heterocycles. The Hall–Kier alpha value is -4.18. The fourth-order valence-corrected chi connectivity index (χ4v) is 6.32. The van der Waals surface area contributed by atoms with Crippen LogP contribution in [0.3, 0.4) is 0 Å². The van der Waals surface area contributed by atoms with Gasteiger partial charge in [-0.05, 0) is 25.3 Å². The molecular formula is C30H35N7O3. The van der Waals surface area contributed by atoms with Crippen LogP contribution in [0.5, 0.6) is 0 Å².